The Morgan fingerprint density at radius 3 is 2.52 bits per heavy atom. The van der Waals surface area contributed by atoms with Crippen molar-refractivity contribution in [1.82, 2.24) is 19.9 Å². The number of nitrogens with zero attached hydrogens (tertiary/aromatic N) is 3. The third kappa shape index (κ3) is 5.32. The molecule has 0 radical (unpaired) electrons. The Labute approximate surface area is 235 Å². The second-order valence-corrected chi connectivity index (χ2v) is 9.54. The number of amides is 1. The van der Waals surface area contributed by atoms with Crippen LogP contribution in [0.3, 0.4) is 0 Å². The molecule has 9 nitrogen and oxygen atoms in total. The fourth-order valence-electron chi connectivity index (χ4n) is 4.53. The van der Waals surface area contributed by atoms with Crippen molar-refractivity contribution in [2.75, 3.05) is 18.2 Å². The summed E-state index contributed by atoms with van der Waals surface area (Å²) >= 11 is 6.42. The van der Waals surface area contributed by atoms with Crippen LogP contribution in [0.1, 0.15) is 34.6 Å². The molecule has 0 saturated heterocycles. The van der Waals surface area contributed by atoms with Crippen LogP contribution in [-0.2, 0) is 6.54 Å². The summed E-state index contributed by atoms with van der Waals surface area (Å²) in [4.78, 5) is 35.6. The van der Waals surface area contributed by atoms with Crippen LogP contribution in [0.5, 0.6) is 5.75 Å². The fourth-order valence-corrected chi connectivity index (χ4v) is 4.79. The zero-order valence-electron chi connectivity index (χ0n) is 21.9. The average molecular weight is 555 g/mol. The molecule has 1 atom stereocenters. The molecular weight excluding hydrogens is 528 g/mol. The van der Waals surface area contributed by atoms with E-state index in [2.05, 4.69) is 20.6 Å². The monoisotopic (exact) mass is 554 g/mol. The normalized spacial score (nSPS) is 11.7. The zero-order chi connectivity index (χ0) is 28.2. The van der Waals surface area contributed by atoms with Crippen LogP contribution in [-0.4, -0.2) is 27.6 Å². The molecule has 0 bridgehead atoms. The standard InChI is InChI=1S/C30H27ClN6O3/c1-18(24-15-20-7-6-10-23(31)25(20)30(39)37(24)21-8-4-3-5-9-21)36-29(38)26-27(32)34-17-35-28(26)33-16-19-11-13-22(40-2)14-12-19/h3-15,17-18H,16H2,1-2H3,(H,36,38)(H3,32,33,34,35)/t18-/m0/s1. The van der Waals surface area contributed by atoms with Crippen LogP contribution in [0.2, 0.25) is 5.02 Å². The number of ether oxygens (including phenoxy) is 1. The lowest BCUT2D eigenvalue weighted by atomic mass is 10.1. The smallest absolute Gasteiger partial charge is 0.264 e. The van der Waals surface area contributed by atoms with E-state index < -0.39 is 11.9 Å². The van der Waals surface area contributed by atoms with E-state index >= 15 is 0 Å². The van der Waals surface area contributed by atoms with Gasteiger partial charge in [0, 0.05) is 17.9 Å². The van der Waals surface area contributed by atoms with E-state index in [0.717, 1.165) is 11.3 Å². The van der Waals surface area contributed by atoms with Crippen molar-refractivity contribution in [2.24, 2.45) is 0 Å². The quantitative estimate of drug-likeness (QED) is 0.243. The number of pyridine rings is 1. The van der Waals surface area contributed by atoms with Gasteiger partial charge in [0.25, 0.3) is 11.5 Å². The van der Waals surface area contributed by atoms with Crippen molar-refractivity contribution in [3.63, 3.8) is 0 Å². The van der Waals surface area contributed by atoms with Crippen molar-refractivity contribution in [1.29, 1.82) is 0 Å². The maximum Gasteiger partial charge on any atom is 0.264 e. The Balaban J connectivity index is 1.48. The van der Waals surface area contributed by atoms with E-state index in [4.69, 9.17) is 22.1 Å². The number of nitrogens with two attached hydrogens (primary N) is 1. The Morgan fingerprint density at radius 1 is 1.05 bits per heavy atom. The fraction of sp³-hybridized carbons (Fsp3) is 0.133. The van der Waals surface area contributed by atoms with Gasteiger partial charge in [-0.2, -0.15) is 0 Å². The summed E-state index contributed by atoms with van der Waals surface area (Å²) in [5, 5.41) is 7.59. The van der Waals surface area contributed by atoms with E-state index in [-0.39, 0.29) is 16.9 Å². The van der Waals surface area contributed by atoms with Gasteiger partial charge in [-0.15, -0.1) is 0 Å². The van der Waals surface area contributed by atoms with Crippen molar-refractivity contribution >= 4 is 39.9 Å². The van der Waals surface area contributed by atoms with E-state index in [0.29, 0.717) is 39.5 Å². The molecule has 5 aromatic rings. The van der Waals surface area contributed by atoms with Gasteiger partial charge in [-0.05, 0) is 54.3 Å². The highest BCUT2D eigenvalue weighted by Crippen LogP contribution is 2.26. The molecule has 0 aliphatic rings. The first-order valence-electron chi connectivity index (χ1n) is 12.5. The highest BCUT2D eigenvalue weighted by atomic mass is 35.5. The SMILES string of the molecule is COc1ccc(CNc2ncnc(N)c2C(=O)N[C@@H](C)c2cc3cccc(Cl)c3c(=O)n2-c2ccccc2)cc1. The predicted molar refractivity (Wildman–Crippen MR) is 157 cm³/mol. The third-order valence-electron chi connectivity index (χ3n) is 6.55. The van der Waals surface area contributed by atoms with Gasteiger partial charge in [0.2, 0.25) is 0 Å². The lowest BCUT2D eigenvalue weighted by Gasteiger charge is -2.22. The molecule has 0 fully saturated rings. The first-order valence-corrected chi connectivity index (χ1v) is 12.9. The van der Waals surface area contributed by atoms with Gasteiger partial charge < -0.3 is 21.1 Å². The lowest BCUT2D eigenvalue weighted by molar-refractivity contribution is 0.0940. The summed E-state index contributed by atoms with van der Waals surface area (Å²) in [7, 11) is 1.61. The third-order valence-corrected chi connectivity index (χ3v) is 6.87. The second kappa shape index (κ2) is 11.5. The summed E-state index contributed by atoms with van der Waals surface area (Å²) in [5.74, 6) is 0.580. The largest absolute Gasteiger partial charge is 0.497 e. The highest BCUT2D eigenvalue weighted by Gasteiger charge is 2.23. The number of methoxy groups -OCH3 is 1. The molecular formula is C30H27ClN6O3. The Morgan fingerprint density at radius 2 is 1.80 bits per heavy atom. The summed E-state index contributed by atoms with van der Waals surface area (Å²) < 4.78 is 6.77. The molecule has 0 aliphatic carbocycles. The maximum atomic E-state index is 13.7. The number of carbonyl (C=O) groups is 1. The number of hydrogen-bond acceptors (Lipinski definition) is 7. The Bertz CT molecular complexity index is 1740. The molecule has 0 aliphatic heterocycles. The van der Waals surface area contributed by atoms with Gasteiger partial charge in [0.05, 0.1) is 23.6 Å². The van der Waals surface area contributed by atoms with Crippen molar-refractivity contribution in [3.05, 3.63) is 117 Å². The molecule has 3 aromatic carbocycles. The summed E-state index contributed by atoms with van der Waals surface area (Å²) in [6.07, 6.45) is 1.30. The van der Waals surface area contributed by atoms with Crippen LogP contribution < -0.4 is 26.7 Å². The van der Waals surface area contributed by atoms with Gasteiger partial charge in [-0.3, -0.25) is 14.2 Å². The molecule has 40 heavy (non-hydrogen) atoms. The first kappa shape index (κ1) is 26.7. The maximum absolute atomic E-state index is 13.7. The predicted octanol–water partition coefficient (Wildman–Crippen LogP) is 5.13. The number of para-hydroxylation sites is 1. The molecule has 10 heteroatoms. The molecule has 0 spiro atoms. The minimum Gasteiger partial charge on any atom is -0.497 e. The van der Waals surface area contributed by atoms with Crippen LogP contribution in [0, 0.1) is 0 Å². The number of rotatable bonds is 8. The summed E-state index contributed by atoms with van der Waals surface area (Å²) in [6.45, 7) is 2.20. The zero-order valence-corrected chi connectivity index (χ0v) is 22.6. The average Bonchev–Trinajstić information content (AvgIpc) is 2.96. The topological polar surface area (TPSA) is 124 Å². The molecule has 0 unspecified atom stereocenters. The van der Waals surface area contributed by atoms with Crippen LogP contribution in [0.4, 0.5) is 11.6 Å². The lowest BCUT2D eigenvalue weighted by Crippen LogP contribution is -2.33. The molecule has 4 N–H and O–H groups in total. The molecule has 202 valence electrons. The number of hydrogen-bond donors (Lipinski definition) is 3. The van der Waals surface area contributed by atoms with Crippen molar-refractivity contribution in [3.8, 4) is 11.4 Å². The van der Waals surface area contributed by atoms with Gasteiger partial charge >= 0.3 is 0 Å². The van der Waals surface area contributed by atoms with E-state index in [1.807, 2.05) is 66.7 Å². The molecule has 2 aromatic heterocycles. The molecule has 2 heterocycles. The van der Waals surface area contributed by atoms with Gasteiger partial charge in [0.1, 0.15) is 29.3 Å². The molecule has 5 rings (SSSR count). The van der Waals surface area contributed by atoms with Gasteiger partial charge in [-0.1, -0.05) is 54.1 Å². The van der Waals surface area contributed by atoms with E-state index in [1.165, 1.54) is 6.33 Å². The number of nitrogens with one attached hydrogen (secondary N) is 2. The van der Waals surface area contributed by atoms with Crippen molar-refractivity contribution < 1.29 is 9.53 Å². The molecule has 1 amide bonds. The number of aromatic nitrogens is 3. The van der Waals surface area contributed by atoms with Gasteiger partial charge in [0.15, 0.2) is 0 Å². The Hall–Kier alpha value is -4.89. The summed E-state index contributed by atoms with van der Waals surface area (Å²) in [5.41, 5.74) is 8.15. The minimum absolute atomic E-state index is 0.0303. The minimum atomic E-state index is -0.599. The van der Waals surface area contributed by atoms with Crippen molar-refractivity contribution in [2.45, 2.75) is 19.5 Å². The number of nitrogen functional groups attached to an aromatic ring is 1. The molecule has 0 saturated carbocycles. The second-order valence-electron chi connectivity index (χ2n) is 9.13. The number of fused-ring (bicyclic) bond motifs is 1. The number of anilines is 2. The number of carbonyl (C=O) groups excluding carboxylic acids is 1. The summed E-state index contributed by atoms with van der Waals surface area (Å²) in [6, 6.07) is 23.3. The van der Waals surface area contributed by atoms with Crippen LogP contribution in [0.25, 0.3) is 16.5 Å². The van der Waals surface area contributed by atoms with Gasteiger partial charge in [-0.25, -0.2) is 9.97 Å². The first-order chi connectivity index (χ1) is 19.4. The van der Waals surface area contributed by atoms with Crippen LogP contribution >= 0.6 is 11.6 Å². The highest BCUT2D eigenvalue weighted by molar-refractivity contribution is 6.35. The van der Waals surface area contributed by atoms with Crippen LogP contribution in [0.15, 0.2) is 90.0 Å². The van der Waals surface area contributed by atoms with E-state index in [1.54, 1.807) is 30.7 Å². The Kier molecular flexibility index (Phi) is 7.65. The number of halogens is 1. The number of benzene rings is 3. The van der Waals surface area contributed by atoms with E-state index in [9.17, 15) is 9.59 Å².